The Morgan fingerprint density at radius 1 is 0.944 bits per heavy atom. The first kappa shape index (κ1) is 24.1. The molecule has 10 nitrogen and oxygen atoms in total. The van der Waals surface area contributed by atoms with E-state index in [4.69, 9.17) is 21.0 Å². The SMILES string of the molecule is O=C(O)c1cc(-c2ccc(/C=N\Nc3nc(N4CCCCC4)nc(N4CCCCC4)n3)o2)ccc1Cl. The molecule has 0 saturated carbocycles. The molecule has 2 aromatic heterocycles. The third-order valence-corrected chi connectivity index (χ3v) is 6.68. The van der Waals surface area contributed by atoms with Crippen LogP contribution in [0.1, 0.15) is 54.6 Å². The molecular weight excluding hydrogens is 482 g/mol. The molecule has 4 heterocycles. The number of halogens is 1. The van der Waals surface area contributed by atoms with E-state index in [1.807, 2.05) is 0 Å². The number of carboxylic acid groups (broad SMARTS) is 1. The highest BCUT2D eigenvalue weighted by molar-refractivity contribution is 6.33. The molecule has 36 heavy (non-hydrogen) atoms. The van der Waals surface area contributed by atoms with E-state index < -0.39 is 5.97 Å². The third kappa shape index (κ3) is 5.59. The number of carbonyl (C=O) groups is 1. The largest absolute Gasteiger partial charge is 0.478 e. The number of furan rings is 1. The van der Waals surface area contributed by atoms with Gasteiger partial charge in [-0.1, -0.05) is 11.6 Å². The second kappa shape index (κ2) is 10.9. The molecule has 2 N–H and O–H groups in total. The Labute approximate surface area is 214 Å². The Morgan fingerprint density at radius 3 is 2.19 bits per heavy atom. The number of rotatable bonds is 7. The van der Waals surface area contributed by atoms with Crippen LogP contribution < -0.4 is 15.2 Å². The number of carboxylic acids is 1. The lowest BCUT2D eigenvalue weighted by molar-refractivity contribution is 0.0697. The van der Waals surface area contributed by atoms with Crippen molar-refractivity contribution < 1.29 is 14.3 Å². The number of aromatic carboxylic acids is 1. The molecule has 0 unspecified atom stereocenters. The Kier molecular flexibility index (Phi) is 7.31. The van der Waals surface area contributed by atoms with E-state index >= 15 is 0 Å². The first-order valence-corrected chi connectivity index (χ1v) is 12.6. The molecular formula is C25H28ClN7O3. The summed E-state index contributed by atoms with van der Waals surface area (Å²) in [6, 6.07) is 8.24. The predicted molar refractivity (Wildman–Crippen MR) is 139 cm³/mol. The number of aromatic nitrogens is 3. The van der Waals surface area contributed by atoms with E-state index in [0.717, 1.165) is 51.9 Å². The molecule has 2 aliphatic rings. The highest BCUT2D eigenvalue weighted by Crippen LogP contribution is 2.27. The third-order valence-electron chi connectivity index (χ3n) is 6.35. The molecule has 0 atom stereocenters. The summed E-state index contributed by atoms with van der Waals surface area (Å²) in [5.74, 6) is 1.66. The maximum Gasteiger partial charge on any atom is 0.337 e. The van der Waals surface area contributed by atoms with Crippen LogP contribution in [0.2, 0.25) is 5.02 Å². The number of hydrazone groups is 1. The average molecular weight is 510 g/mol. The topological polar surface area (TPSA) is 120 Å². The zero-order valence-electron chi connectivity index (χ0n) is 19.9. The van der Waals surface area contributed by atoms with Gasteiger partial charge in [0.2, 0.25) is 17.8 Å². The van der Waals surface area contributed by atoms with Crippen LogP contribution in [0.5, 0.6) is 0 Å². The second-order valence-electron chi connectivity index (χ2n) is 8.93. The van der Waals surface area contributed by atoms with Gasteiger partial charge in [-0.05, 0) is 68.9 Å². The molecule has 3 aromatic rings. The predicted octanol–water partition coefficient (Wildman–Crippen LogP) is 4.91. The van der Waals surface area contributed by atoms with Crippen LogP contribution in [-0.2, 0) is 0 Å². The fourth-order valence-corrected chi connectivity index (χ4v) is 4.65. The number of hydrogen-bond donors (Lipinski definition) is 2. The number of hydrogen-bond acceptors (Lipinski definition) is 9. The first-order chi connectivity index (χ1) is 17.6. The fraction of sp³-hybridized carbons (Fsp3) is 0.400. The van der Waals surface area contributed by atoms with Gasteiger partial charge in [0.15, 0.2) is 0 Å². The number of anilines is 3. The average Bonchev–Trinajstić information content (AvgIpc) is 3.38. The minimum Gasteiger partial charge on any atom is -0.478 e. The van der Waals surface area contributed by atoms with Crippen LogP contribution in [0.4, 0.5) is 17.8 Å². The number of nitrogens with one attached hydrogen (secondary N) is 1. The highest BCUT2D eigenvalue weighted by atomic mass is 35.5. The standard InChI is InChI=1S/C25H28ClN7O3/c26-20-9-7-17(15-19(20)22(34)35)21-10-8-18(36-21)16-27-31-23-28-24(32-11-3-1-4-12-32)30-25(29-23)33-13-5-2-6-14-33/h7-10,15-16H,1-6,11-14H2,(H,34,35)(H,28,29,30,31)/b27-16-. The Morgan fingerprint density at radius 2 is 1.58 bits per heavy atom. The van der Waals surface area contributed by atoms with Gasteiger partial charge in [0.1, 0.15) is 11.5 Å². The van der Waals surface area contributed by atoms with Gasteiger partial charge in [0, 0.05) is 31.7 Å². The van der Waals surface area contributed by atoms with Crippen LogP contribution in [0, 0.1) is 0 Å². The lowest BCUT2D eigenvalue weighted by Gasteiger charge is -2.30. The summed E-state index contributed by atoms with van der Waals surface area (Å²) in [6.45, 7) is 3.76. The van der Waals surface area contributed by atoms with Crippen molar-refractivity contribution in [1.29, 1.82) is 0 Å². The van der Waals surface area contributed by atoms with Crippen LogP contribution >= 0.6 is 11.6 Å². The molecule has 0 radical (unpaired) electrons. The van der Waals surface area contributed by atoms with Gasteiger partial charge in [0.05, 0.1) is 16.8 Å². The van der Waals surface area contributed by atoms with Crippen LogP contribution in [0.25, 0.3) is 11.3 Å². The van der Waals surface area contributed by atoms with Gasteiger partial charge in [-0.15, -0.1) is 0 Å². The van der Waals surface area contributed by atoms with E-state index in [1.165, 1.54) is 25.1 Å². The van der Waals surface area contributed by atoms with Crippen molar-refractivity contribution in [2.75, 3.05) is 41.4 Å². The monoisotopic (exact) mass is 509 g/mol. The molecule has 0 spiro atoms. The van der Waals surface area contributed by atoms with Crippen molar-refractivity contribution in [3.63, 3.8) is 0 Å². The smallest absolute Gasteiger partial charge is 0.337 e. The molecule has 2 aliphatic heterocycles. The molecule has 0 amide bonds. The van der Waals surface area contributed by atoms with Gasteiger partial charge < -0.3 is 19.3 Å². The van der Waals surface area contributed by atoms with Crippen LogP contribution in [-0.4, -0.2) is 58.4 Å². The summed E-state index contributed by atoms with van der Waals surface area (Å²) in [6.07, 6.45) is 8.52. The van der Waals surface area contributed by atoms with Gasteiger partial charge in [-0.2, -0.15) is 20.1 Å². The summed E-state index contributed by atoms with van der Waals surface area (Å²) in [4.78, 5) is 29.8. The van der Waals surface area contributed by atoms with E-state index in [1.54, 1.807) is 24.3 Å². The minimum atomic E-state index is -1.09. The highest BCUT2D eigenvalue weighted by Gasteiger charge is 2.20. The second-order valence-corrected chi connectivity index (χ2v) is 9.33. The van der Waals surface area contributed by atoms with E-state index in [-0.39, 0.29) is 10.6 Å². The first-order valence-electron chi connectivity index (χ1n) is 12.2. The van der Waals surface area contributed by atoms with Crippen LogP contribution in [0.15, 0.2) is 39.9 Å². The van der Waals surface area contributed by atoms with Gasteiger partial charge in [-0.3, -0.25) is 0 Å². The van der Waals surface area contributed by atoms with E-state index in [2.05, 4.69) is 30.3 Å². The van der Waals surface area contributed by atoms with Crippen molar-refractivity contribution >= 4 is 41.6 Å². The summed E-state index contributed by atoms with van der Waals surface area (Å²) in [7, 11) is 0. The minimum absolute atomic E-state index is 0.0197. The Balaban J connectivity index is 1.33. The summed E-state index contributed by atoms with van der Waals surface area (Å²) in [5, 5.41) is 13.8. The van der Waals surface area contributed by atoms with Gasteiger partial charge in [-0.25, -0.2) is 10.2 Å². The summed E-state index contributed by atoms with van der Waals surface area (Å²) >= 11 is 5.97. The molecule has 0 aliphatic carbocycles. The van der Waals surface area contributed by atoms with Crippen molar-refractivity contribution in [2.45, 2.75) is 38.5 Å². The van der Waals surface area contributed by atoms with Crippen molar-refractivity contribution in [2.24, 2.45) is 5.10 Å². The van der Waals surface area contributed by atoms with Crippen LogP contribution in [0.3, 0.4) is 0 Å². The molecule has 1 aromatic carbocycles. The summed E-state index contributed by atoms with van der Waals surface area (Å²) < 4.78 is 5.83. The number of benzene rings is 1. The van der Waals surface area contributed by atoms with E-state index in [9.17, 15) is 9.90 Å². The quantitative estimate of drug-likeness (QED) is 0.338. The molecule has 188 valence electrons. The van der Waals surface area contributed by atoms with Gasteiger partial charge >= 0.3 is 5.97 Å². The zero-order valence-corrected chi connectivity index (χ0v) is 20.6. The Hall–Kier alpha value is -3.66. The molecule has 5 rings (SSSR count). The summed E-state index contributed by atoms with van der Waals surface area (Å²) in [5.41, 5.74) is 3.56. The van der Waals surface area contributed by atoms with Gasteiger partial charge in [0.25, 0.3) is 0 Å². The fourth-order valence-electron chi connectivity index (χ4n) is 4.45. The number of nitrogens with zero attached hydrogens (tertiary/aromatic N) is 6. The molecule has 0 bridgehead atoms. The van der Waals surface area contributed by atoms with Crippen molar-refractivity contribution in [3.8, 4) is 11.3 Å². The molecule has 2 saturated heterocycles. The normalized spacial score (nSPS) is 16.5. The number of piperidine rings is 2. The Bertz CT molecular complexity index is 1210. The lowest BCUT2D eigenvalue weighted by atomic mass is 10.1. The van der Waals surface area contributed by atoms with Crippen molar-refractivity contribution in [1.82, 2.24) is 15.0 Å². The maximum absolute atomic E-state index is 11.4. The molecule has 11 heteroatoms. The zero-order chi connectivity index (χ0) is 24.9. The molecule has 2 fully saturated rings. The van der Waals surface area contributed by atoms with E-state index in [0.29, 0.717) is 34.9 Å². The maximum atomic E-state index is 11.4. The lowest BCUT2D eigenvalue weighted by Crippen LogP contribution is -2.34. The van der Waals surface area contributed by atoms with Crippen molar-refractivity contribution in [3.05, 3.63) is 46.7 Å².